The minimum atomic E-state index is -1.22. The lowest BCUT2D eigenvalue weighted by molar-refractivity contribution is 0.0698. The van der Waals surface area contributed by atoms with Crippen LogP contribution in [-0.2, 0) is 0 Å². The summed E-state index contributed by atoms with van der Waals surface area (Å²) in [5, 5.41) is 15.2. The van der Waals surface area contributed by atoms with E-state index < -0.39 is 5.97 Å². The Balaban J connectivity index is 3.38. The van der Waals surface area contributed by atoms with Crippen molar-refractivity contribution in [2.45, 2.75) is 0 Å². The third-order valence-corrected chi connectivity index (χ3v) is 1.52. The Morgan fingerprint density at radius 3 is 2.47 bits per heavy atom. The van der Waals surface area contributed by atoms with Gasteiger partial charge < -0.3 is 5.11 Å². The van der Waals surface area contributed by atoms with Crippen LogP contribution in [-0.4, -0.2) is 11.1 Å². The smallest absolute Gasteiger partial charge is 0.336 e. The predicted octanol–water partition coefficient (Wildman–Crippen LogP) is 3.27. The van der Waals surface area contributed by atoms with Crippen molar-refractivity contribution in [2.75, 3.05) is 0 Å². The first kappa shape index (κ1) is 10.4. The number of nitrogens with zero attached hydrogens (tertiary/aromatic N) is 6. The van der Waals surface area contributed by atoms with Gasteiger partial charge in [0.1, 0.15) is 0 Å². The van der Waals surface area contributed by atoms with Crippen molar-refractivity contribution in [3.63, 3.8) is 0 Å². The number of aromatic carboxylic acids is 1. The second-order valence-corrected chi connectivity index (χ2v) is 2.39. The lowest BCUT2D eigenvalue weighted by atomic mass is 10.1. The maximum atomic E-state index is 10.7. The van der Waals surface area contributed by atoms with Crippen molar-refractivity contribution in [2.24, 2.45) is 10.2 Å². The molecule has 0 fully saturated rings. The standard InChI is InChI=1S/C7H4N6O2/c8-12-10-4-1-2-5(7(14)15)6(3-4)11-13-9/h1-3H,(H,14,15). The highest BCUT2D eigenvalue weighted by molar-refractivity contribution is 5.94. The molecule has 0 spiro atoms. The van der Waals surface area contributed by atoms with E-state index in [4.69, 9.17) is 16.2 Å². The van der Waals surface area contributed by atoms with E-state index in [-0.39, 0.29) is 16.9 Å². The molecule has 15 heavy (non-hydrogen) atoms. The van der Waals surface area contributed by atoms with Crippen LogP contribution in [0.2, 0.25) is 0 Å². The number of hydrogen-bond donors (Lipinski definition) is 1. The Kier molecular flexibility index (Phi) is 3.13. The Labute approximate surface area is 83.0 Å². The fourth-order valence-corrected chi connectivity index (χ4v) is 0.946. The molecular formula is C7H4N6O2. The van der Waals surface area contributed by atoms with E-state index in [1.165, 1.54) is 18.2 Å². The topological polar surface area (TPSA) is 135 Å². The fraction of sp³-hybridized carbons (Fsp3) is 0. The number of benzene rings is 1. The molecule has 1 aromatic carbocycles. The van der Waals surface area contributed by atoms with Crippen molar-refractivity contribution in [1.82, 2.24) is 0 Å². The summed E-state index contributed by atoms with van der Waals surface area (Å²) in [5.41, 5.74) is 16.3. The molecule has 0 aliphatic heterocycles. The van der Waals surface area contributed by atoms with Crippen LogP contribution in [0, 0.1) is 0 Å². The van der Waals surface area contributed by atoms with Gasteiger partial charge in [-0.2, -0.15) is 0 Å². The molecule has 0 heterocycles. The summed E-state index contributed by atoms with van der Waals surface area (Å²) in [6, 6.07) is 3.72. The first-order valence-corrected chi connectivity index (χ1v) is 3.66. The summed E-state index contributed by atoms with van der Waals surface area (Å²) >= 11 is 0. The second-order valence-electron chi connectivity index (χ2n) is 2.39. The maximum Gasteiger partial charge on any atom is 0.336 e. The van der Waals surface area contributed by atoms with Crippen LogP contribution in [0.15, 0.2) is 28.4 Å². The number of carboxylic acids is 1. The molecule has 0 aromatic heterocycles. The van der Waals surface area contributed by atoms with Gasteiger partial charge in [-0.25, -0.2) is 4.79 Å². The molecule has 0 saturated heterocycles. The molecule has 0 amide bonds. The maximum absolute atomic E-state index is 10.7. The minimum Gasteiger partial charge on any atom is -0.478 e. The zero-order valence-corrected chi connectivity index (χ0v) is 7.27. The molecule has 8 heteroatoms. The summed E-state index contributed by atoms with van der Waals surface area (Å²) in [5.74, 6) is -1.22. The van der Waals surface area contributed by atoms with Gasteiger partial charge >= 0.3 is 5.97 Å². The average Bonchev–Trinajstić information content (AvgIpc) is 2.18. The lowest BCUT2D eigenvalue weighted by Crippen LogP contribution is -1.95. The summed E-state index contributed by atoms with van der Waals surface area (Å²) in [6.07, 6.45) is 0. The molecule has 0 aliphatic rings. The fourth-order valence-electron chi connectivity index (χ4n) is 0.946. The molecule has 74 valence electrons. The van der Waals surface area contributed by atoms with E-state index in [1.807, 2.05) is 0 Å². The molecule has 0 saturated carbocycles. The Bertz CT molecular complexity index is 498. The summed E-state index contributed by atoms with van der Waals surface area (Å²) in [7, 11) is 0. The quantitative estimate of drug-likeness (QED) is 0.459. The highest BCUT2D eigenvalue weighted by Crippen LogP contribution is 2.25. The number of rotatable bonds is 3. The van der Waals surface area contributed by atoms with Crippen molar-refractivity contribution in [3.05, 3.63) is 44.6 Å². The van der Waals surface area contributed by atoms with E-state index >= 15 is 0 Å². The third kappa shape index (κ3) is 2.38. The van der Waals surface area contributed by atoms with Crippen LogP contribution in [0.1, 0.15) is 10.4 Å². The van der Waals surface area contributed by atoms with E-state index in [0.717, 1.165) is 0 Å². The largest absolute Gasteiger partial charge is 0.478 e. The van der Waals surface area contributed by atoms with Gasteiger partial charge in [-0.05, 0) is 23.2 Å². The third-order valence-electron chi connectivity index (χ3n) is 1.52. The SMILES string of the molecule is [N-]=[N+]=Nc1ccc(C(=O)O)c(N=[N+]=[N-])c1. The van der Waals surface area contributed by atoms with Gasteiger partial charge in [0.05, 0.1) is 11.3 Å². The molecule has 0 bridgehead atoms. The monoisotopic (exact) mass is 204 g/mol. The molecule has 1 aromatic rings. The van der Waals surface area contributed by atoms with Crippen LogP contribution < -0.4 is 0 Å². The summed E-state index contributed by atoms with van der Waals surface area (Å²) in [6.45, 7) is 0. The molecule has 8 nitrogen and oxygen atoms in total. The van der Waals surface area contributed by atoms with Crippen molar-refractivity contribution < 1.29 is 9.90 Å². The Morgan fingerprint density at radius 2 is 1.93 bits per heavy atom. The molecule has 0 aliphatic carbocycles. The highest BCUT2D eigenvalue weighted by atomic mass is 16.4. The predicted molar refractivity (Wildman–Crippen MR) is 51.0 cm³/mol. The van der Waals surface area contributed by atoms with Crippen LogP contribution in [0.25, 0.3) is 20.9 Å². The van der Waals surface area contributed by atoms with E-state index in [1.54, 1.807) is 0 Å². The molecule has 0 unspecified atom stereocenters. The van der Waals surface area contributed by atoms with Gasteiger partial charge in [0.25, 0.3) is 0 Å². The second kappa shape index (κ2) is 4.52. The highest BCUT2D eigenvalue weighted by Gasteiger charge is 2.08. The molecule has 0 atom stereocenters. The first-order chi connectivity index (χ1) is 7.19. The normalized spacial score (nSPS) is 8.53. The van der Waals surface area contributed by atoms with Gasteiger partial charge in [0, 0.05) is 15.5 Å². The molecule has 1 N–H and O–H groups in total. The average molecular weight is 204 g/mol. The number of hydrogen-bond acceptors (Lipinski definition) is 3. The van der Waals surface area contributed by atoms with Crippen molar-refractivity contribution in [1.29, 1.82) is 0 Å². The number of carbonyl (C=O) groups is 1. The van der Waals surface area contributed by atoms with E-state index in [9.17, 15) is 4.79 Å². The van der Waals surface area contributed by atoms with Gasteiger partial charge in [-0.1, -0.05) is 16.3 Å². The molecule has 1 rings (SSSR count). The molecular weight excluding hydrogens is 200 g/mol. The zero-order chi connectivity index (χ0) is 11.3. The van der Waals surface area contributed by atoms with Crippen LogP contribution in [0.4, 0.5) is 11.4 Å². The van der Waals surface area contributed by atoms with Gasteiger partial charge in [0.15, 0.2) is 0 Å². The Hall–Kier alpha value is -2.69. The van der Waals surface area contributed by atoms with Gasteiger partial charge in [0.2, 0.25) is 0 Å². The Morgan fingerprint density at radius 1 is 1.27 bits per heavy atom. The van der Waals surface area contributed by atoms with E-state index in [0.29, 0.717) is 0 Å². The molecule has 0 radical (unpaired) electrons. The van der Waals surface area contributed by atoms with Crippen LogP contribution in [0.3, 0.4) is 0 Å². The first-order valence-electron chi connectivity index (χ1n) is 3.66. The van der Waals surface area contributed by atoms with Crippen LogP contribution in [0.5, 0.6) is 0 Å². The number of azide groups is 2. The summed E-state index contributed by atoms with van der Waals surface area (Å²) < 4.78 is 0. The van der Waals surface area contributed by atoms with Crippen molar-refractivity contribution in [3.8, 4) is 0 Å². The van der Waals surface area contributed by atoms with Gasteiger partial charge in [-0.3, -0.25) is 0 Å². The number of carboxylic acid groups (broad SMARTS) is 1. The zero-order valence-electron chi connectivity index (χ0n) is 7.27. The minimum absolute atomic E-state index is 0.0881. The van der Waals surface area contributed by atoms with Gasteiger partial charge in [-0.15, -0.1) is 0 Å². The van der Waals surface area contributed by atoms with E-state index in [2.05, 4.69) is 20.1 Å². The summed E-state index contributed by atoms with van der Waals surface area (Å²) in [4.78, 5) is 15.7. The van der Waals surface area contributed by atoms with Crippen LogP contribution >= 0.6 is 0 Å². The van der Waals surface area contributed by atoms with Crippen molar-refractivity contribution >= 4 is 17.3 Å². The lowest BCUT2D eigenvalue weighted by Gasteiger charge is -1.99.